The van der Waals surface area contributed by atoms with Crippen LogP contribution in [0.25, 0.3) is 0 Å². The third-order valence-electron chi connectivity index (χ3n) is 4.59. The molecule has 1 aromatic carbocycles. The second-order valence-electron chi connectivity index (χ2n) is 6.28. The molecule has 0 radical (unpaired) electrons. The van der Waals surface area contributed by atoms with Crippen LogP contribution in [0, 0.1) is 5.92 Å². The molecule has 24 heavy (non-hydrogen) atoms. The molecule has 0 aliphatic carbocycles. The van der Waals surface area contributed by atoms with Crippen molar-refractivity contribution < 1.29 is 9.47 Å². The number of rotatable bonds is 6. The summed E-state index contributed by atoms with van der Waals surface area (Å²) < 4.78 is 12.9. The Morgan fingerprint density at radius 3 is 2.88 bits per heavy atom. The fourth-order valence-electron chi connectivity index (χ4n) is 3.43. The van der Waals surface area contributed by atoms with Crippen LogP contribution in [0.2, 0.25) is 5.02 Å². The third-order valence-corrected chi connectivity index (χ3v) is 5.00. The van der Waals surface area contributed by atoms with Gasteiger partial charge < -0.3 is 14.0 Å². The number of aromatic nitrogens is 2. The SMILES string of the molecule is COc1ccc(CN2CCC[C@H](Cn3ccnc3)C2)c(Cl)c1OC. The van der Waals surface area contributed by atoms with E-state index in [1.165, 1.54) is 12.8 Å². The van der Waals surface area contributed by atoms with E-state index in [-0.39, 0.29) is 0 Å². The summed E-state index contributed by atoms with van der Waals surface area (Å²) in [7, 11) is 3.24. The minimum Gasteiger partial charge on any atom is -0.493 e. The number of methoxy groups -OCH3 is 2. The zero-order chi connectivity index (χ0) is 16.9. The van der Waals surface area contributed by atoms with Gasteiger partial charge in [0.05, 0.1) is 25.6 Å². The van der Waals surface area contributed by atoms with E-state index in [1.807, 2.05) is 30.9 Å². The number of likely N-dealkylation sites (tertiary alicyclic amines) is 1. The summed E-state index contributed by atoms with van der Waals surface area (Å²) in [5, 5.41) is 0.647. The van der Waals surface area contributed by atoms with E-state index in [2.05, 4.69) is 14.5 Å². The van der Waals surface area contributed by atoms with Crippen LogP contribution in [0.3, 0.4) is 0 Å². The fraction of sp³-hybridized carbons (Fsp3) is 0.500. The largest absolute Gasteiger partial charge is 0.493 e. The predicted octanol–water partition coefficient (Wildman–Crippen LogP) is 3.47. The summed E-state index contributed by atoms with van der Waals surface area (Å²) in [5.74, 6) is 1.93. The quantitative estimate of drug-likeness (QED) is 0.800. The van der Waals surface area contributed by atoms with Gasteiger partial charge >= 0.3 is 0 Å². The van der Waals surface area contributed by atoms with Crippen molar-refractivity contribution in [3.8, 4) is 11.5 Å². The number of hydrogen-bond donors (Lipinski definition) is 0. The van der Waals surface area contributed by atoms with Crippen molar-refractivity contribution in [1.82, 2.24) is 14.5 Å². The Morgan fingerprint density at radius 2 is 2.17 bits per heavy atom. The second-order valence-corrected chi connectivity index (χ2v) is 6.65. The maximum absolute atomic E-state index is 6.52. The fourth-order valence-corrected chi connectivity index (χ4v) is 3.72. The first kappa shape index (κ1) is 17.1. The molecule has 1 atom stereocenters. The van der Waals surface area contributed by atoms with Crippen molar-refractivity contribution >= 4 is 11.6 Å². The van der Waals surface area contributed by atoms with Crippen LogP contribution in [-0.2, 0) is 13.1 Å². The summed E-state index contributed by atoms with van der Waals surface area (Å²) >= 11 is 6.52. The third kappa shape index (κ3) is 3.84. The number of imidazole rings is 1. The van der Waals surface area contributed by atoms with Gasteiger partial charge in [-0.3, -0.25) is 4.90 Å². The van der Waals surface area contributed by atoms with Gasteiger partial charge in [0.1, 0.15) is 0 Å². The molecule has 0 spiro atoms. The Labute approximate surface area is 148 Å². The van der Waals surface area contributed by atoms with Gasteiger partial charge in [-0.05, 0) is 36.9 Å². The summed E-state index contributed by atoms with van der Waals surface area (Å²) in [5.41, 5.74) is 1.08. The minimum atomic E-state index is 0.614. The van der Waals surface area contributed by atoms with Crippen molar-refractivity contribution in [2.45, 2.75) is 25.9 Å². The van der Waals surface area contributed by atoms with Crippen molar-refractivity contribution in [3.63, 3.8) is 0 Å². The maximum Gasteiger partial charge on any atom is 0.179 e. The van der Waals surface area contributed by atoms with E-state index in [9.17, 15) is 0 Å². The Kier molecular flexibility index (Phi) is 5.63. The molecule has 1 saturated heterocycles. The smallest absolute Gasteiger partial charge is 0.179 e. The highest BCUT2D eigenvalue weighted by atomic mass is 35.5. The molecule has 0 N–H and O–H groups in total. The molecule has 130 valence electrons. The lowest BCUT2D eigenvalue weighted by Crippen LogP contribution is -2.36. The first-order valence-electron chi connectivity index (χ1n) is 8.28. The summed E-state index contributed by atoms with van der Waals surface area (Å²) in [6.07, 6.45) is 8.23. The van der Waals surface area contributed by atoms with E-state index < -0.39 is 0 Å². The van der Waals surface area contributed by atoms with Crippen molar-refractivity contribution in [2.75, 3.05) is 27.3 Å². The van der Waals surface area contributed by atoms with Crippen molar-refractivity contribution in [2.24, 2.45) is 5.92 Å². The Balaban J connectivity index is 1.67. The first-order valence-corrected chi connectivity index (χ1v) is 8.66. The molecule has 0 unspecified atom stereocenters. The monoisotopic (exact) mass is 349 g/mol. The molecule has 0 amide bonds. The number of ether oxygens (including phenoxy) is 2. The molecule has 1 aliphatic rings. The Morgan fingerprint density at radius 1 is 1.29 bits per heavy atom. The lowest BCUT2D eigenvalue weighted by atomic mass is 9.97. The number of hydrogen-bond acceptors (Lipinski definition) is 4. The number of halogens is 1. The molecular formula is C18H24ClN3O2. The van der Waals surface area contributed by atoms with Crippen LogP contribution in [0.1, 0.15) is 18.4 Å². The van der Waals surface area contributed by atoms with Crippen LogP contribution >= 0.6 is 11.6 Å². The Bertz CT molecular complexity index is 661. The van der Waals surface area contributed by atoms with Gasteiger partial charge in [-0.1, -0.05) is 17.7 Å². The summed E-state index contributed by atoms with van der Waals surface area (Å²) in [6, 6.07) is 3.95. The van der Waals surface area contributed by atoms with E-state index in [0.29, 0.717) is 22.4 Å². The lowest BCUT2D eigenvalue weighted by molar-refractivity contribution is 0.156. The second kappa shape index (κ2) is 7.90. The van der Waals surface area contributed by atoms with E-state index in [0.717, 1.165) is 31.7 Å². The normalized spacial score (nSPS) is 18.5. The zero-order valence-electron chi connectivity index (χ0n) is 14.2. The Hall–Kier alpha value is -1.72. The standard InChI is InChI=1S/C18H24ClN3O2/c1-23-16-6-5-15(17(19)18(16)24-2)12-21-8-3-4-14(10-21)11-22-9-7-20-13-22/h5-7,9,13-14H,3-4,8,10-12H2,1-2H3/t14-/m0/s1. The molecule has 1 aromatic heterocycles. The average Bonchev–Trinajstić information content (AvgIpc) is 3.10. The lowest BCUT2D eigenvalue weighted by Gasteiger charge is -2.33. The molecular weight excluding hydrogens is 326 g/mol. The summed E-state index contributed by atoms with van der Waals surface area (Å²) in [6.45, 7) is 4.03. The highest BCUT2D eigenvalue weighted by Crippen LogP contribution is 2.38. The van der Waals surface area contributed by atoms with Crippen molar-refractivity contribution in [1.29, 1.82) is 0 Å². The van der Waals surface area contributed by atoms with Gasteiger partial charge in [0.15, 0.2) is 11.5 Å². The van der Waals surface area contributed by atoms with Crippen LogP contribution < -0.4 is 9.47 Å². The zero-order valence-corrected chi connectivity index (χ0v) is 15.0. The molecule has 1 aliphatic heterocycles. The molecule has 5 nitrogen and oxygen atoms in total. The van der Waals surface area contributed by atoms with Crippen LogP contribution in [0.4, 0.5) is 0 Å². The van der Waals surface area contributed by atoms with E-state index in [1.54, 1.807) is 14.2 Å². The molecule has 3 rings (SSSR count). The molecule has 2 heterocycles. The minimum absolute atomic E-state index is 0.614. The predicted molar refractivity (Wildman–Crippen MR) is 94.8 cm³/mol. The molecule has 6 heteroatoms. The molecule has 2 aromatic rings. The van der Waals surface area contributed by atoms with Crippen molar-refractivity contribution in [3.05, 3.63) is 41.4 Å². The van der Waals surface area contributed by atoms with Gasteiger partial charge in [-0.25, -0.2) is 4.98 Å². The molecule has 0 bridgehead atoms. The van der Waals surface area contributed by atoms with Gasteiger partial charge in [0.25, 0.3) is 0 Å². The van der Waals surface area contributed by atoms with Gasteiger partial charge in [-0.15, -0.1) is 0 Å². The van der Waals surface area contributed by atoms with Crippen LogP contribution in [0.15, 0.2) is 30.9 Å². The molecule has 0 saturated carbocycles. The highest BCUT2D eigenvalue weighted by Gasteiger charge is 2.22. The number of piperidine rings is 1. The molecule has 1 fully saturated rings. The summed E-state index contributed by atoms with van der Waals surface area (Å²) in [4.78, 5) is 6.60. The van der Waals surface area contributed by atoms with Crippen LogP contribution in [0.5, 0.6) is 11.5 Å². The van der Waals surface area contributed by atoms with Gasteiger partial charge in [0.2, 0.25) is 0 Å². The van der Waals surface area contributed by atoms with E-state index >= 15 is 0 Å². The first-order chi connectivity index (χ1) is 11.7. The number of benzene rings is 1. The highest BCUT2D eigenvalue weighted by molar-refractivity contribution is 6.33. The van der Waals surface area contributed by atoms with Gasteiger partial charge in [-0.2, -0.15) is 0 Å². The maximum atomic E-state index is 6.52. The topological polar surface area (TPSA) is 39.5 Å². The van der Waals surface area contributed by atoms with E-state index in [4.69, 9.17) is 21.1 Å². The van der Waals surface area contributed by atoms with Gasteiger partial charge in [0, 0.05) is 32.0 Å². The number of nitrogens with zero attached hydrogens (tertiary/aromatic N) is 3. The average molecular weight is 350 g/mol. The van der Waals surface area contributed by atoms with Crippen LogP contribution in [-0.4, -0.2) is 41.8 Å².